The molecule has 1 aliphatic heterocycles. The Hall–Kier alpha value is -2.89. The minimum absolute atomic E-state index is 0.0377. The van der Waals surface area contributed by atoms with Crippen LogP contribution in [0.2, 0.25) is 0 Å². The third-order valence-corrected chi connectivity index (χ3v) is 4.76. The SMILES string of the molecule is C=C(/N=C(\OC)[C@H]1CCCN(C(=C)c2ccc(F)cc2F)C1)c1ccc[nH]1. The van der Waals surface area contributed by atoms with E-state index in [1.807, 2.05) is 23.2 Å². The van der Waals surface area contributed by atoms with Gasteiger partial charge in [-0.15, -0.1) is 0 Å². The van der Waals surface area contributed by atoms with Crippen LogP contribution >= 0.6 is 0 Å². The Morgan fingerprint density at radius 1 is 1.30 bits per heavy atom. The van der Waals surface area contributed by atoms with E-state index in [0.29, 0.717) is 29.4 Å². The molecule has 1 aliphatic rings. The number of methoxy groups -OCH3 is 1. The Balaban J connectivity index is 1.76. The predicted octanol–water partition coefficient (Wildman–Crippen LogP) is 4.69. The maximum absolute atomic E-state index is 14.1. The summed E-state index contributed by atoms with van der Waals surface area (Å²) >= 11 is 0. The van der Waals surface area contributed by atoms with Gasteiger partial charge < -0.3 is 14.6 Å². The Bertz CT molecular complexity index is 858. The number of piperidine rings is 1. The molecule has 3 rings (SSSR count). The number of hydrogen-bond acceptors (Lipinski definition) is 3. The quantitative estimate of drug-likeness (QED) is 0.612. The highest BCUT2D eigenvalue weighted by molar-refractivity contribution is 5.85. The molecule has 0 unspecified atom stereocenters. The predicted molar refractivity (Wildman–Crippen MR) is 104 cm³/mol. The molecule has 0 amide bonds. The molecule has 0 aliphatic carbocycles. The molecule has 0 radical (unpaired) electrons. The fourth-order valence-electron chi connectivity index (χ4n) is 3.32. The van der Waals surface area contributed by atoms with Gasteiger partial charge in [0.1, 0.15) is 11.6 Å². The smallest absolute Gasteiger partial charge is 0.193 e. The number of aliphatic imine (C=N–C) groups is 1. The second-order valence-corrected chi connectivity index (χ2v) is 6.54. The van der Waals surface area contributed by atoms with Gasteiger partial charge in [0, 0.05) is 36.6 Å². The first-order chi connectivity index (χ1) is 13.0. The molecule has 142 valence electrons. The van der Waals surface area contributed by atoms with E-state index in [1.165, 1.54) is 12.1 Å². The number of benzene rings is 1. The van der Waals surface area contributed by atoms with Gasteiger partial charge in [-0.2, -0.15) is 0 Å². The normalized spacial score (nSPS) is 17.7. The fraction of sp³-hybridized carbons (Fsp3) is 0.286. The number of aromatic nitrogens is 1. The van der Waals surface area contributed by atoms with Gasteiger partial charge in [-0.05, 0) is 37.1 Å². The number of ether oxygens (including phenoxy) is 1. The van der Waals surface area contributed by atoms with Crippen LogP contribution in [-0.2, 0) is 4.74 Å². The van der Waals surface area contributed by atoms with Crippen molar-refractivity contribution in [2.24, 2.45) is 10.9 Å². The van der Waals surface area contributed by atoms with Crippen LogP contribution < -0.4 is 0 Å². The zero-order chi connectivity index (χ0) is 19.4. The first kappa shape index (κ1) is 18.9. The second-order valence-electron chi connectivity index (χ2n) is 6.54. The third-order valence-electron chi connectivity index (χ3n) is 4.76. The van der Waals surface area contributed by atoms with Gasteiger partial charge in [-0.1, -0.05) is 13.2 Å². The average Bonchev–Trinajstić information content (AvgIpc) is 3.20. The first-order valence-corrected chi connectivity index (χ1v) is 8.84. The van der Waals surface area contributed by atoms with Crippen molar-refractivity contribution in [3.8, 4) is 0 Å². The monoisotopic (exact) mass is 371 g/mol. The Morgan fingerprint density at radius 3 is 2.78 bits per heavy atom. The number of rotatable bonds is 5. The van der Waals surface area contributed by atoms with Gasteiger partial charge in [-0.3, -0.25) is 0 Å². The maximum Gasteiger partial charge on any atom is 0.193 e. The van der Waals surface area contributed by atoms with E-state index in [9.17, 15) is 8.78 Å². The molecule has 1 saturated heterocycles. The van der Waals surface area contributed by atoms with Gasteiger partial charge in [0.05, 0.1) is 24.4 Å². The van der Waals surface area contributed by atoms with Crippen LogP contribution in [0.15, 0.2) is 54.7 Å². The van der Waals surface area contributed by atoms with E-state index >= 15 is 0 Å². The van der Waals surface area contributed by atoms with Crippen molar-refractivity contribution in [3.63, 3.8) is 0 Å². The molecule has 1 aromatic heterocycles. The summed E-state index contributed by atoms with van der Waals surface area (Å²) in [5, 5.41) is 0. The van der Waals surface area contributed by atoms with Crippen molar-refractivity contribution in [3.05, 3.63) is 72.6 Å². The highest BCUT2D eigenvalue weighted by Crippen LogP contribution is 2.28. The summed E-state index contributed by atoms with van der Waals surface area (Å²) in [4.78, 5) is 9.61. The van der Waals surface area contributed by atoms with Gasteiger partial charge in [0.2, 0.25) is 0 Å². The number of halogens is 2. The van der Waals surface area contributed by atoms with Crippen molar-refractivity contribution in [1.29, 1.82) is 0 Å². The van der Waals surface area contributed by atoms with Crippen LogP contribution in [0.3, 0.4) is 0 Å². The molecule has 1 N–H and O–H groups in total. The lowest BCUT2D eigenvalue weighted by molar-refractivity contribution is 0.257. The zero-order valence-corrected chi connectivity index (χ0v) is 15.3. The summed E-state index contributed by atoms with van der Waals surface area (Å²) in [5.41, 5.74) is 2.27. The number of H-pyrrole nitrogens is 1. The van der Waals surface area contributed by atoms with Crippen molar-refractivity contribution < 1.29 is 13.5 Å². The van der Waals surface area contributed by atoms with E-state index in [0.717, 1.165) is 31.1 Å². The number of nitrogens with zero attached hydrogens (tertiary/aromatic N) is 2. The standard InChI is InChI=1S/C21H23F2N3O/c1-14(20-7-4-10-24-20)25-21(27-3)16-6-5-11-26(13-16)15(2)18-9-8-17(22)12-19(18)23/h4,7-10,12,16,24H,1-2,5-6,11,13H2,3H3/b25-21-/t16-/m0/s1. The minimum Gasteiger partial charge on any atom is -0.484 e. The zero-order valence-electron chi connectivity index (χ0n) is 15.3. The molecule has 27 heavy (non-hydrogen) atoms. The largest absolute Gasteiger partial charge is 0.484 e. The highest BCUT2D eigenvalue weighted by Gasteiger charge is 2.27. The van der Waals surface area contributed by atoms with Crippen LogP contribution in [0.1, 0.15) is 24.1 Å². The molecular formula is C21H23F2N3O. The van der Waals surface area contributed by atoms with Gasteiger partial charge >= 0.3 is 0 Å². The summed E-state index contributed by atoms with van der Waals surface area (Å²) < 4.78 is 32.8. The van der Waals surface area contributed by atoms with Crippen molar-refractivity contribution >= 4 is 17.3 Å². The van der Waals surface area contributed by atoms with Crippen molar-refractivity contribution in [1.82, 2.24) is 9.88 Å². The summed E-state index contributed by atoms with van der Waals surface area (Å²) in [6.45, 7) is 9.36. The van der Waals surface area contributed by atoms with E-state index in [-0.39, 0.29) is 5.92 Å². The number of aromatic amines is 1. The summed E-state index contributed by atoms with van der Waals surface area (Å²) in [7, 11) is 1.59. The number of hydrogen-bond donors (Lipinski definition) is 1. The Kier molecular flexibility index (Phi) is 5.74. The van der Waals surface area contributed by atoms with Crippen LogP contribution in [0.4, 0.5) is 8.78 Å². The molecule has 0 spiro atoms. The van der Waals surface area contributed by atoms with Crippen LogP contribution in [0.5, 0.6) is 0 Å². The van der Waals surface area contributed by atoms with E-state index < -0.39 is 11.6 Å². The average molecular weight is 371 g/mol. The molecule has 0 saturated carbocycles. The molecule has 1 atom stereocenters. The lowest BCUT2D eigenvalue weighted by Gasteiger charge is -2.35. The lowest BCUT2D eigenvalue weighted by atomic mass is 9.96. The van der Waals surface area contributed by atoms with Crippen LogP contribution in [0.25, 0.3) is 11.4 Å². The Labute approximate surface area is 157 Å². The van der Waals surface area contributed by atoms with E-state index in [2.05, 4.69) is 23.1 Å². The molecule has 1 fully saturated rings. The van der Waals surface area contributed by atoms with Gasteiger partial charge in [0.15, 0.2) is 5.90 Å². The second kappa shape index (κ2) is 8.20. The van der Waals surface area contributed by atoms with E-state index in [4.69, 9.17) is 4.74 Å². The van der Waals surface area contributed by atoms with Crippen molar-refractivity contribution in [2.75, 3.05) is 20.2 Å². The van der Waals surface area contributed by atoms with Gasteiger partial charge in [-0.25, -0.2) is 13.8 Å². The van der Waals surface area contributed by atoms with Crippen molar-refractivity contribution in [2.45, 2.75) is 12.8 Å². The first-order valence-electron chi connectivity index (χ1n) is 8.84. The maximum atomic E-state index is 14.1. The molecule has 6 heteroatoms. The number of nitrogens with one attached hydrogen (secondary N) is 1. The minimum atomic E-state index is -0.608. The van der Waals surface area contributed by atoms with E-state index in [1.54, 1.807) is 7.11 Å². The summed E-state index contributed by atoms with van der Waals surface area (Å²) in [5.74, 6) is -0.581. The van der Waals surface area contributed by atoms with Crippen LogP contribution in [0, 0.1) is 17.6 Å². The van der Waals surface area contributed by atoms with Crippen LogP contribution in [-0.4, -0.2) is 36.0 Å². The lowest BCUT2D eigenvalue weighted by Crippen LogP contribution is -2.38. The molecule has 2 heterocycles. The molecule has 0 bridgehead atoms. The molecule has 2 aromatic rings. The molecular weight excluding hydrogens is 348 g/mol. The molecule has 1 aromatic carbocycles. The summed E-state index contributed by atoms with van der Waals surface area (Å²) in [6, 6.07) is 7.32. The highest BCUT2D eigenvalue weighted by atomic mass is 19.1. The molecule has 4 nitrogen and oxygen atoms in total. The summed E-state index contributed by atoms with van der Waals surface area (Å²) in [6.07, 6.45) is 3.61. The van der Waals surface area contributed by atoms with Gasteiger partial charge in [0.25, 0.3) is 0 Å². The number of likely N-dealkylation sites (tertiary alicyclic amines) is 1. The fourth-order valence-corrected chi connectivity index (χ4v) is 3.32. The third kappa shape index (κ3) is 4.27. The Morgan fingerprint density at radius 2 is 2.11 bits per heavy atom. The topological polar surface area (TPSA) is 40.6 Å².